The first-order valence-corrected chi connectivity index (χ1v) is 6.63. The van der Waals surface area contributed by atoms with Crippen LogP contribution in [0.1, 0.15) is 18.4 Å². The Morgan fingerprint density at radius 1 is 1.19 bits per heavy atom. The van der Waals surface area contributed by atoms with Crippen LogP contribution in [0.2, 0.25) is 0 Å². The maximum atomic E-state index is 12.4. The van der Waals surface area contributed by atoms with Crippen molar-refractivity contribution in [3.8, 4) is 0 Å². The molecule has 1 amide bonds. The molecule has 2 heterocycles. The van der Waals surface area contributed by atoms with Gasteiger partial charge in [-0.05, 0) is 6.42 Å². The third-order valence-corrected chi connectivity index (χ3v) is 3.27. The van der Waals surface area contributed by atoms with Crippen molar-refractivity contribution >= 4 is 11.9 Å². The number of alkyl halides is 3. The Balaban J connectivity index is 1.95. The highest BCUT2D eigenvalue weighted by molar-refractivity contribution is 5.76. The Morgan fingerprint density at radius 3 is 2.24 bits per heavy atom. The molecule has 5 nitrogen and oxygen atoms in total. The molecule has 1 aromatic heterocycles. The minimum atomic E-state index is -4.43. The molecule has 0 N–H and O–H groups in total. The average Bonchev–Trinajstić information content (AvgIpc) is 2.47. The molecule has 0 spiro atoms. The van der Waals surface area contributed by atoms with Gasteiger partial charge in [0.05, 0.1) is 5.56 Å². The van der Waals surface area contributed by atoms with E-state index >= 15 is 0 Å². The van der Waals surface area contributed by atoms with E-state index in [2.05, 4.69) is 16.9 Å². The van der Waals surface area contributed by atoms with Gasteiger partial charge >= 0.3 is 6.18 Å². The van der Waals surface area contributed by atoms with E-state index in [0.717, 1.165) is 12.4 Å². The Hall–Kier alpha value is -1.86. The van der Waals surface area contributed by atoms with Crippen LogP contribution in [0.25, 0.3) is 0 Å². The first-order valence-electron chi connectivity index (χ1n) is 6.63. The van der Waals surface area contributed by atoms with E-state index in [1.54, 1.807) is 9.80 Å². The van der Waals surface area contributed by atoms with E-state index < -0.39 is 11.7 Å². The fourth-order valence-corrected chi connectivity index (χ4v) is 2.10. The van der Waals surface area contributed by atoms with Crippen LogP contribution in [0.15, 0.2) is 12.4 Å². The Bertz CT molecular complexity index is 481. The van der Waals surface area contributed by atoms with Crippen molar-refractivity contribution in [1.82, 2.24) is 14.9 Å². The molecule has 1 aliphatic heterocycles. The predicted molar refractivity (Wildman–Crippen MR) is 70.4 cm³/mol. The molecule has 0 atom stereocenters. The summed E-state index contributed by atoms with van der Waals surface area (Å²) in [7, 11) is 0. The van der Waals surface area contributed by atoms with Crippen LogP contribution in [-0.4, -0.2) is 47.0 Å². The fourth-order valence-electron chi connectivity index (χ4n) is 2.10. The van der Waals surface area contributed by atoms with Crippen LogP contribution < -0.4 is 4.90 Å². The molecule has 0 bridgehead atoms. The third kappa shape index (κ3) is 3.83. The smallest absolute Gasteiger partial charge is 0.339 e. The summed E-state index contributed by atoms with van der Waals surface area (Å²) in [6.45, 7) is 5.69. The van der Waals surface area contributed by atoms with Gasteiger partial charge in [-0.15, -0.1) is 0 Å². The van der Waals surface area contributed by atoms with E-state index in [1.165, 1.54) is 0 Å². The van der Waals surface area contributed by atoms with E-state index in [1.807, 2.05) is 0 Å². The summed E-state index contributed by atoms with van der Waals surface area (Å²) in [6, 6.07) is 0. The van der Waals surface area contributed by atoms with E-state index in [0.29, 0.717) is 39.0 Å². The SMILES string of the molecule is [CH2]CCC(=O)N1CCN(c2ncc(C(F)(F)F)cn2)CC1. The topological polar surface area (TPSA) is 49.3 Å². The number of anilines is 1. The molecule has 2 rings (SSSR count). The summed E-state index contributed by atoms with van der Waals surface area (Å²) in [5.41, 5.74) is -0.865. The van der Waals surface area contributed by atoms with Gasteiger partial charge in [-0.25, -0.2) is 9.97 Å². The lowest BCUT2D eigenvalue weighted by Gasteiger charge is -2.34. The molecule has 0 saturated carbocycles. The molecule has 0 aromatic carbocycles. The Kier molecular flexibility index (Phi) is 4.64. The Morgan fingerprint density at radius 2 is 1.76 bits per heavy atom. The first-order chi connectivity index (χ1) is 9.91. The second-order valence-electron chi connectivity index (χ2n) is 4.74. The van der Waals surface area contributed by atoms with Crippen molar-refractivity contribution in [3.05, 3.63) is 24.9 Å². The van der Waals surface area contributed by atoms with Gasteiger partial charge in [0.25, 0.3) is 0 Å². The van der Waals surface area contributed by atoms with Crippen molar-refractivity contribution in [2.24, 2.45) is 0 Å². The van der Waals surface area contributed by atoms with Crippen molar-refractivity contribution in [1.29, 1.82) is 0 Å². The number of nitrogens with zero attached hydrogens (tertiary/aromatic N) is 4. The summed E-state index contributed by atoms with van der Waals surface area (Å²) in [5, 5.41) is 0. The lowest BCUT2D eigenvalue weighted by Crippen LogP contribution is -2.49. The number of hydrogen-bond donors (Lipinski definition) is 0. The number of rotatable bonds is 3. The Labute approximate surface area is 120 Å². The molecular weight excluding hydrogens is 285 g/mol. The second kappa shape index (κ2) is 6.28. The van der Waals surface area contributed by atoms with Crippen LogP contribution in [0.3, 0.4) is 0 Å². The third-order valence-electron chi connectivity index (χ3n) is 3.27. The lowest BCUT2D eigenvalue weighted by molar-refractivity contribution is -0.138. The minimum absolute atomic E-state index is 0.0537. The van der Waals surface area contributed by atoms with Crippen LogP contribution in [0, 0.1) is 6.92 Å². The summed E-state index contributed by atoms with van der Waals surface area (Å²) in [4.78, 5) is 22.7. The van der Waals surface area contributed by atoms with Gasteiger partial charge in [-0.1, -0.05) is 6.92 Å². The van der Waals surface area contributed by atoms with Gasteiger partial charge in [-0.3, -0.25) is 4.79 Å². The first kappa shape index (κ1) is 15.5. The molecule has 8 heteroatoms. The number of halogens is 3. The normalized spacial score (nSPS) is 16.2. The highest BCUT2D eigenvalue weighted by atomic mass is 19.4. The van der Waals surface area contributed by atoms with Gasteiger partial charge < -0.3 is 9.80 Å². The molecule has 21 heavy (non-hydrogen) atoms. The van der Waals surface area contributed by atoms with Gasteiger partial charge in [0.15, 0.2) is 0 Å². The minimum Gasteiger partial charge on any atom is -0.339 e. The molecule has 0 aliphatic carbocycles. The van der Waals surface area contributed by atoms with Gasteiger partial charge in [-0.2, -0.15) is 13.2 Å². The molecule has 1 saturated heterocycles. The number of carbonyl (C=O) groups is 1. The summed E-state index contributed by atoms with van der Waals surface area (Å²) < 4.78 is 37.3. The second-order valence-corrected chi connectivity index (χ2v) is 4.74. The maximum Gasteiger partial charge on any atom is 0.419 e. The van der Waals surface area contributed by atoms with E-state index in [-0.39, 0.29) is 11.9 Å². The monoisotopic (exact) mass is 301 g/mol. The lowest BCUT2D eigenvalue weighted by atomic mass is 10.2. The van der Waals surface area contributed by atoms with Crippen LogP contribution in [0.4, 0.5) is 19.1 Å². The maximum absolute atomic E-state index is 12.4. The van der Waals surface area contributed by atoms with Crippen LogP contribution >= 0.6 is 0 Å². The fraction of sp³-hybridized carbons (Fsp3) is 0.538. The predicted octanol–water partition coefficient (Wildman–Crippen LogP) is 1.76. The zero-order valence-electron chi connectivity index (χ0n) is 11.4. The molecule has 115 valence electrons. The van der Waals surface area contributed by atoms with Crippen molar-refractivity contribution in [3.63, 3.8) is 0 Å². The summed E-state index contributed by atoms with van der Waals surface area (Å²) in [5.74, 6) is 0.310. The van der Waals surface area contributed by atoms with Crippen LogP contribution in [0.5, 0.6) is 0 Å². The largest absolute Gasteiger partial charge is 0.419 e. The quantitative estimate of drug-likeness (QED) is 0.853. The van der Waals surface area contributed by atoms with Crippen LogP contribution in [-0.2, 0) is 11.0 Å². The molecular formula is C13H16F3N4O. The zero-order valence-corrected chi connectivity index (χ0v) is 11.4. The van der Waals surface area contributed by atoms with Gasteiger partial charge in [0.1, 0.15) is 0 Å². The summed E-state index contributed by atoms with van der Waals surface area (Å²) in [6.07, 6.45) is -1.90. The van der Waals surface area contributed by atoms with E-state index in [9.17, 15) is 18.0 Å². The zero-order chi connectivity index (χ0) is 15.5. The molecule has 1 radical (unpaired) electrons. The van der Waals surface area contributed by atoms with E-state index in [4.69, 9.17) is 0 Å². The summed E-state index contributed by atoms with van der Waals surface area (Å²) >= 11 is 0. The van der Waals surface area contributed by atoms with Crippen molar-refractivity contribution < 1.29 is 18.0 Å². The number of carbonyl (C=O) groups excluding carboxylic acids is 1. The highest BCUT2D eigenvalue weighted by Gasteiger charge is 2.31. The van der Waals surface area contributed by atoms with Crippen molar-refractivity contribution in [2.75, 3.05) is 31.1 Å². The molecule has 1 aliphatic rings. The number of aromatic nitrogens is 2. The standard InChI is InChI=1S/C13H16F3N4O/c1-2-3-11(21)19-4-6-20(7-5-19)12-17-8-10(9-18-12)13(14,15)16/h8-9H,1-7H2. The van der Waals surface area contributed by atoms with Gasteiger partial charge in [0.2, 0.25) is 11.9 Å². The van der Waals surface area contributed by atoms with Gasteiger partial charge in [0, 0.05) is 45.0 Å². The van der Waals surface area contributed by atoms with Crippen molar-refractivity contribution in [2.45, 2.75) is 19.0 Å². The highest BCUT2D eigenvalue weighted by Crippen LogP contribution is 2.28. The number of piperazine rings is 1. The molecule has 0 unspecified atom stereocenters. The molecule has 1 fully saturated rings. The molecule has 1 aromatic rings. The number of amides is 1. The average molecular weight is 301 g/mol. The number of hydrogen-bond acceptors (Lipinski definition) is 4.